The molecule has 1 aliphatic rings. The van der Waals surface area contributed by atoms with Gasteiger partial charge in [-0.1, -0.05) is 45.9 Å². The van der Waals surface area contributed by atoms with E-state index in [1.165, 1.54) is 11.1 Å². The Hall–Kier alpha value is -0.795. The summed E-state index contributed by atoms with van der Waals surface area (Å²) in [5.41, 5.74) is 3.40. The zero-order valence-corrected chi connectivity index (χ0v) is 11.1. The minimum atomic E-state index is -1.37. The maximum Gasteiger partial charge on any atom is 0.488 e. The quantitative estimate of drug-likeness (QED) is 0.724. The molecule has 0 aromatic heterocycles. The highest BCUT2D eigenvalue weighted by Gasteiger charge is 2.36. The molecule has 2 rings (SSSR count). The Morgan fingerprint density at radius 2 is 1.88 bits per heavy atom. The van der Waals surface area contributed by atoms with Crippen molar-refractivity contribution in [1.82, 2.24) is 0 Å². The lowest BCUT2D eigenvalue weighted by Gasteiger charge is -2.41. The second kappa shape index (κ2) is 4.15. The van der Waals surface area contributed by atoms with Crippen LogP contribution in [0.25, 0.3) is 0 Å². The fourth-order valence-electron chi connectivity index (χ4n) is 2.95. The molecular weight excluding hydrogens is 211 g/mol. The maximum atomic E-state index is 9.25. The number of hydrogen-bond donors (Lipinski definition) is 2. The van der Waals surface area contributed by atoms with Crippen LogP contribution in [-0.2, 0) is 5.41 Å². The lowest BCUT2D eigenvalue weighted by atomic mass is 9.62. The van der Waals surface area contributed by atoms with Crippen LogP contribution < -0.4 is 5.46 Å². The molecule has 0 heterocycles. The molecule has 2 nitrogen and oxygen atoms in total. The minimum Gasteiger partial charge on any atom is -0.423 e. The van der Waals surface area contributed by atoms with Crippen LogP contribution in [0.1, 0.15) is 51.2 Å². The summed E-state index contributed by atoms with van der Waals surface area (Å²) in [6.45, 7) is 9.07. The largest absolute Gasteiger partial charge is 0.488 e. The third-order valence-electron chi connectivity index (χ3n) is 4.54. The Labute approximate surface area is 104 Å². The Bertz CT molecular complexity index is 426. The van der Waals surface area contributed by atoms with Crippen molar-refractivity contribution in [2.75, 3.05) is 0 Å². The number of hydrogen-bond acceptors (Lipinski definition) is 2. The van der Waals surface area contributed by atoms with Crippen LogP contribution >= 0.6 is 0 Å². The first-order chi connectivity index (χ1) is 7.84. The number of fused-ring (bicyclic) bond motifs is 1. The molecule has 0 aliphatic heterocycles. The van der Waals surface area contributed by atoms with Gasteiger partial charge in [-0.15, -0.1) is 0 Å². The molecular formula is C14H21BO2. The van der Waals surface area contributed by atoms with Gasteiger partial charge in [0.2, 0.25) is 0 Å². The van der Waals surface area contributed by atoms with E-state index in [2.05, 4.69) is 33.8 Å². The van der Waals surface area contributed by atoms with Gasteiger partial charge < -0.3 is 10.0 Å². The van der Waals surface area contributed by atoms with Crippen LogP contribution in [0, 0.1) is 5.92 Å². The van der Waals surface area contributed by atoms with Crippen molar-refractivity contribution >= 4 is 12.6 Å². The lowest BCUT2D eigenvalue weighted by molar-refractivity contribution is 0.281. The molecule has 1 aromatic rings. The Balaban J connectivity index is 2.54. The number of rotatable bonds is 1. The molecule has 0 radical (unpaired) electrons. The van der Waals surface area contributed by atoms with E-state index in [1.807, 2.05) is 12.1 Å². The molecule has 0 amide bonds. The van der Waals surface area contributed by atoms with E-state index in [0.717, 1.165) is 6.42 Å². The van der Waals surface area contributed by atoms with Crippen molar-refractivity contribution in [2.24, 2.45) is 5.92 Å². The topological polar surface area (TPSA) is 40.5 Å². The van der Waals surface area contributed by atoms with Gasteiger partial charge in [0.1, 0.15) is 0 Å². The predicted molar refractivity (Wildman–Crippen MR) is 71.5 cm³/mol. The van der Waals surface area contributed by atoms with Crippen molar-refractivity contribution in [3.63, 3.8) is 0 Å². The molecule has 17 heavy (non-hydrogen) atoms. The van der Waals surface area contributed by atoms with Gasteiger partial charge in [-0.05, 0) is 40.3 Å². The molecule has 2 atom stereocenters. The zero-order chi connectivity index (χ0) is 12.8. The van der Waals surface area contributed by atoms with E-state index >= 15 is 0 Å². The molecule has 2 unspecified atom stereocenters. The van der Waals surface area contributed by atoms with Crippen molar-refractivity contribution in [3.05, 3.63) is 29.3 Å². The summed E-state index contributed by atoms with van der Waals surface area (Å²) in [5.74, 6) is 1.14. The van der Waals surface area contributed by atoms with Crippen molar-refractivity contribution in [1.29, 1.82) is 0 Å². The smallest absolute Gasteiger partial charge is 0.423 e. The first-order valence-electron chi connectivity index (χ1n) is 6.34. The van der Waals surface area contributed by atoms with Crippen LogP contribution in [0.4, 0.5) is 0 Å². The number of benzene rings is 1. The highest BCUT2D eigenvalue weighted by molar-refractivity contribution is 6.58. The lowest BCUT2D eigenvalue weighted by Crippen LogP contribution is -2.36. The summed E-state index contributed by atoms with van der Waals surface area (Å²) in [6.07, 6.45) is 1.16. The average Bonchev–Trinajstić information content (AvgIpc) is 2.26. The summed E-state index contributed by atoms with van der Waals surface area (Å²) in [5, 5.41) is 18.5. The fraction of sp³-hybridized carbons (Fsp3) is 0.571. The monoisotopic (exact) mass is 232 g/mol. The first kappa shape index (κ1) is 12.7. The molecule has 0 saturated carbocycles. The second-order valence-corrected chi connectivity index (χ2v) is 5.98. The van der Waals surface area contributed by atoms with Gasteiger partial charge in [0.25, 0.3) is 0 Å². The Morgan fingerprint density at radius 1 is 1.24 bits per heavy atom. The average molecular weight is 232 g/mol. The van der Waals surface area contributed by atoms with Crippen molar-refractivity contribution in [2.45, 2.75) is 45.4 Å². The molecule has 0 saturated heterocycles. The summed E-state index contributed by atoms with van der Waals surface area (Å²) in [6, 6.07) is 5.85. The summed E-state index contributed by atoms with van der Waals surface area (Å²) in [4.78, 5) is 0. The molecule has 3 heteroatoms. The molecule has 0 fully saturated rings. The van der Waals surface area contributed by atoms with Gasteiger partial charge in [-0.2, -0.15) is 0 Å². The predicted octanol–water partition coefficient (Wildman–Crippen LogP) is 1.79. The molecule has 0 bridgehead atoms. The van der Waals surface area contributed by atoms with Gasteiger partial charge in [-0.3, -0.25) is 0 Å². The summed E-state index contributed by atoms with van der Waals surface area (Å²) >= 11 is 0. The van der Waals surface area contributed by atoms with Crippen LogP contribution in [0.5, 0.6) is 0 Å². The highest BCUT2D eigenvalue weighted by Crippen LogP contribution is 2.45. The summed E-state index contributed by atoms with van der Waals surface area (Å²) < 4.78 is 0. The summed E-state index contributed by atoms with van der Waals surface area (Å²) in [7, 11) is -1.37. The van der Waals surface area contributed by atoms with Crippen molar-refractivity contribution < 1.29 is 10.0 Å². The standard InChI is InChI=1S/C14H21BO2/c1-9-7-10(2)14(3,4)13-6-5-11(15(16)17)8-12(9)13/h5-6,8-10,16-17H,7H2,1-4H3. The van der Waals surface area contributed by atoms with E-state index in [0.29, 0.717) is 17.3 Å². The molecule has 2 N–H and O–H groups in total. The fourth-order valence-corrected chi connectivity index (χ4v) is 2.95. The van der Waals surface area contributed by atoms with E-state index in [9.17, 15) is 10.0 Å². The molecule has 0 spiro atoms. The van der Waals surface area contributed by atoms with Crippen LogP contribution in [0.2, 0.25) is 0 Å². The third-order valence-corrected chi connectivity index (χ3v) is 4.54. The Kier molecular flexibility index (Phi) is 3.09. The van der Waals surface area contributed by atoms with Gasteiger partial charge in [0, 0.05) is 0 Å². The second-order valence-electron chi connectivity index (χ2n) is 5.98. The van der Waals surface area contributed by atoms with E-state index < -0.39 is 7.12 Å². The maximum absolute atomic E-state index is 9.25. The third kappa shape index (κ3) is 2.02. The Morgan fingerprint density at radius 3 is 2.47 bits per heavy atom. The normalized spacial score (nSPS) is 26.5. The van der Waals surface area contributed by atoms with Gasteiger partial charge >= 0.3 is 7.12 Å². The van der Waals surface area contributed by atoms with Crippen molar-refractivity contribution in [3.8, 4) is 0 Å². The zero-order valence-electron chi connectivity index (χ0n) is 11.1. The van der Waals surface area contributed by atoms with Crippen LogP contribution in [0.3, 0.4) is 0 Å². The minimum absolute atomic E-state index is 0.167. The SMILES string of the molecule is CC1CC(C)C(C)(C)c2ccc(B(O)O)cc21. The van der Waals surface area contributed by atoms with Crippen LogP contribution in [0.15, 0.2) is 18.2 Å². The highest BCUT2D eigenvalue weighted by atomic mass is 16.4. The molecule has 1 aromatic carbocycles. The van der Waals surface area contributed by atoms with E-state index in [4.69, 9.17) is 0 Å². The van der Waals surface area contributed by atoms with Crippen LogP contribution in [-0.4, -0.2) is 17.2 Å². The molecule has 1 aliphatic carbocycles. The van der Waals surface area contributed by atoms with E-state index in [1.54, 1.807) is 0 Å². The van der Waals surface area contributed by atoms with Gasteiger partial charge in [0.15, 0.2) is 0 Å². The molecule has 92 valence electrons. The first-order valence-corrected chi connectivity index (χ1v) is 6.34. The van der Waals surface area contributed by atoms with Gasteiger partial charge in [-0.25, -0.2) is 0 Å². The van der Waals surface area contributed by atoms with Gasteiger partial charge in [0.05, 0.1) is 0 Å². The van der Waals surface area contributed by atoms with E-state index in [-0.39, 0.29) is 5.41 Å².